The third-order valence-corrected chi connectivity index (χ3v) is 8.57. The molecular weight excluding hydrogens is 348 g/mol. The first kappa shape index (κ1) is 20.4. The zero-order valence-electron chi connectivity index (χ0n) is 18.2. The fourth-order valence-electron chi connectivity index (χ4n) is 7.26. The summed E-state index contributed by atoms with van der Waals surface area (Å²) >= 11 is 0. The smallest absolute Gasteiger partial charge is 0.0858 e. The van der Waals surface area contributed by atoms with Gasteiger partial charge in [-0.3, -0.25) is 0 Å². The van der Waals surface area contributed by atoms with Crippen molar-refractivity contribution in [1.29, 1.82) is 0 Å². The highest BCUT2D eigenvalue weighted by Crippen LogP contribution is 2.62. The number of aliphatic hydroxyl groups is 2. The Balaban J connectivity index is 1.71. The number of fused-ring (bicyclic) bond motifs is 2. The lowest BCUT2D eigenvalue weighted by molar-refractivity contribution is -0.181. The molecule has 4 aliphatic rings. The average molecular weight is 387 g/mol. The van der Waals surface area contributed by atoms with E-state index >= 15 is 0 Å². The summed E-state index contributed by atoms with van der Waals surface area (Å²) in [5.74, 6) is 0.664. The summed E-state index contributed by atoms with van der Waals surface area (Å²) < 4.78 is 6.69. The van der Waals surface area contributed by atoms with Gasteiger partial charge in [-0.05, 0) is 61.9 Å². The predicted molar refractivity (Wildman–Crippen MR) is 113 cm³/mol. The molecule has 3 heteroatoms. The Hall–Kier alpha value is -0.900. The highest BCUT2D eigenvalue weighted by atomic mass is 16.5. The van der Waals surface area contributed by atoms with Crippen molar-refractivity contribution in [1.82, 2.24) is 0 Å². The summed E-state index contributed by atoms with van der Waals surface area (Å²) in [7, 11) is 0. The molecule has 2 N–H and O–H groups in total. The number of allylic oxidation sites excluding steroid dienone is 1. The van der Waals surface area contributed by atoms with E-state index in [2.05, 4.69) is 39.5 Å². The lowest BCUT2D eigenvalue weighted by Gasteiger charge is -2.61. The van der Waals surface area contributed by atoms with Crippen molar-refractivity contribution in [3.05, 3.63) is 36.0 Å². The number of aliphatic hydroxyl groups excluding tert-OH is 1. The van der Waals surface area contributed by atoms with E-state index in [-0.39, 0.29) is 41.0 Å². The molecule has 156 valence electrons. The van der Waals surface area contributed by atoms with Crippen LogP contribution >= 0.6 is 0 Å². The Morgan fingerprint density at radius 3 is 2.61 bits per heavy atom. The van der Waals surface area contributed by atoms with Gasteiger partial charge in [-0.1, -0.05) is 57.6 Å². The van der Waals surface area contributed by atoms with Crippen molar-refractivity contribution in [2.24, 2.45) is 28.6 Å². The molecule has 28 heavy (non-hydrogen) atoms. The Bertz CT molecular complexity index is 715. The van der Waals surface area contributed by atoms with Crippen LogP contribution in [0, 0.1) is 28.6 Å². The fraction of sp³-hybridized carbons (Fsp3) is 0.760. The molecule has 0 aromatic rings. The summed E-state index contributed by atoms with van der Waals surface area (Å²) in [5, 5.41) is 21.8. The van der Waals surface area contributed by atoms with Gasteiger partial charge in [0.15, 0.2) is 0 Å². The van der Waals surface area contributed by atoms with Gasteiger partial charge >= 0.3 is 0 Å². The Labute approximate surface area is 170 Å². The minimum absolute atomic E-state index is 0.00469. The SMILES string of the molecule is C=C1C[C@H]([C@@H]2[C@@]3(C)CCCC(C)(C)[C@@H]3C=C[C@@]2(C)O)O[C@@H]2C=C(C)[C@@H](O)C[C@H]12. The third-order valence-electron chi connectivity index (χ3n) is 8.57. The average Bonchev–Trinajstić information content (AvgIpc) is 2.54. The monoisotopic (exact) mass is 386 g/mol. The van der Waals surface area contributed by atoms with E-state index in [1.807, 2.05) is 19.9 Å². The number of hydrogen-bond acceptors (Lipinski definition) is 3. The third kappa shape index (κ3) is 3.05. The largest absolute Gasteiger partial charge is 0.389 e. The van der Waals surface area contributed by atoms with Crippen LogP contribution in [-0.2, 0) is 4.74 Å². The van der Waals surface area contributed by atoms with Crippen molar-refractivity contribution in [2.45, 2.75) is 90.6 Å². The Morgan fingerprint density at radius 1 is 1.18 bits per heavy atom. The predicted octanol–water partition coefficient (Wildman–Crippen LogP) is 4.80. The Morgan fingerprint density at radius 2 is 1.89 bits per heavy atom. The van der Waals surface area contributed by atoms with Crippen LogP contribution in [0.5, 0.6) is 0 Å². The summed E-state index contributed by atoms with van der Waals surface area (Å²) in [4.78, 5) is 0. The van der Waals surface area contributed by atoms with Gasteiger partial charge in [0.25, 0.3) is 0 Å². The van der Waals surface area contributed by atoms with Gasteiger partial charge in [-0.25, -0.2) is 0 Å². The first-order chi connectivity index (χ1) is 13.0. The second-order valence-electron chi connectivity index (χ2n) is 11.2. The topological polar surface area (TPSA) is 49.7 Å². The van der Waals surface area contributed by atoms with Gasteiger partial charge in [0, 0.05) is 11.8 Å². The van der Waals surface area contributed by atoms with Gasteiger partial charge in [-0.2, -0.15) is 0 Å². The van der Waals surface area contributed by atoms with Crippen molar-refractivity contribution in [2.75, 3.05) is 0 Å². The highest BCUT2D eigenvalue weighted by molar-refractivity contribution is 5.26. The maximum absolute atomic E-state index is 11.5. The summed E-state index contributed by atoms with van der Waals surface area (Å²) in [6.45, 7) is 15.5. The summed E-state index contributed by atoms with van der Waals surface area (Å²) in [6, 6.07) is 0. The molecular formula is C25H38O3. The van der Waals surface area contributed by atoms with Crippen LogP contribution < -0.4 is 0 Å². The van der Waals surface area contributed by atoms with Crippen LogP contribution in [0.3, 0.4) is 0 Å². The molecule has 0 aromatic carbocycles. The molecule has 2 fully saturated rings. The van der Waals surface area contributed by atoms with Crippen LogP contribution in [0.2, 0.25) is 0 Å². The molecule has 1 heterocycles. The van der Waals surface area contributed by atoms with Crippen LogP contribution in [0.4, 0.5) is 0 Å². The molecule has 0 spiro atoms. The van der Waals surface area contributed by atoms with E-state index < -0.39 is 5.60 Å². The first-order valence-electron chi connectivity index (χ1n) is 11.1. The van der Waals surface area contributed by atoms with Crippen LogP contribution in [0.15, 0.2) is 36.0 Å². The van der Waals surface area contributed by atoms with Crippen molar-refractivity contribution in [3.8, 4) is 0 Å². The molecule has 1 saturated heterocycles. The number of rotatable bonds is 1. The second-order valence-corrected chi connectivity index (χ2v) is 11.2. The molecule has 3 nitrogen and oxygen atoms in total. The van der Waals surface area contributed by atoms with Gasteiger partial charge in [0.2, 0.25) is 0 Å². The van der Waals surface area contributed by atoms with Gasteiger partial charge < -0.3 is 14.9 Å². The van der Waals surface area contributed by atoms with Gasteiger partial charge in [-0.15, -0.1) is 0 Å². The molecule has 0 radical (unpaired) electrons. The molecule has 0 amide bonds. The minimum Gasteiger partial charge on any atom is -0.389 e. The summed E-state index contributed by atoms with van der Waals surface area (Å²) in [5.41, 5.74) is 1.52. The highest BCUT2D eigenvalue weighted by Gasteiger charge is 2.59. The molecule has 1 aliphatic heterocycles. The number of ether oxygens (including phenoxy) is 1. The zero-order valence-corrected chi connectivity index (χ0v) is 18.2. The van der Waals surface area contributed by atoms with E-state index in [9.17, 15) is 10.2 Å². The molecule has 0 unspecified atom stereocenters. The normalized spacial score (nSPS) is 50.5. The fourth-order valence-corrected chi connectivity index (χ4v) is 7.26. The number of hydrogen-bond donors (Lipinski definition) is 2. The van der Waals surface area contributed by atoms with E-state index in [0.29, 0.717) is 12.3 Å². The maximum atomic E-state index is 11.5. The van der Waals surface area contributed by atoms with Crippen molar-refractivity contribution < 1.29 is 14.9 Å². The molecule has 8 atom stereocenters. The molecule has 3 aliphatic carbocycles. The van der Waals surface area contributed by atoms with Crippen LogP contribution in [0.1, 0.15) is 66.7 Å². The van der Waals surface area contributed by atoms with Crippen LogP contribution in [-0.4, -0.2) is 34.1 Å². The lowest BCUT2D eigenvalue weighted by atomic mass is 9.46. The van der Waals surface area contributed by atoms with E-state index in [1.165, 1.54) is 18.4 Å². The molecule has 4 rings (SSSR count). The quantitative estimate of drug-likeness (QED) is 0.637. The molecule has 0 bridgehead atoms. The lowest BCUT2D eigenvalue weighted by Crippen LogP contribution is -2.60. The van der Waals surface area contributed by atoms with Crippen LogP contribution in [0.25, 0.3) is 0 Å². The molecule has 0 aromatic heterocycles. The second kappa shape index (κ2) is 6.55. The Kier molecular flexibility index (Phi) is 4.77. The van der Waals surface area contributed by atoms with Gasteiger partial charge in [0.05, 0.1) is 23.9 Å². The van der Waals surface area contributed by atoms with Crippen molar-refractivity contribution in [3.63, 3.8) is 0 Å². The minimum atomic E-state index is -0.886. The van der Waals surface area contributed by atoms with Crippen molar-refractivity contribution >= 4 is 0 Å². The van der Waals surface area contributed by atoms with E-state index in [4.69, 9.17) is 4.74 Å². The zero-order chi connectivity index (χ0) is 20.5. The summed E-state index contributed by atoms with van der Waals surface area (Å²) in [6.07, 6.45) is 11.0. The first-order valence-corrected chi connectivity index (χ1v) is 11.1. The van der Waals surface area contributed by atoms with Gasteiger partial charge in [0.1, 0.15) is 0 Å². The van der Waals surface area contributed by atoms with E-state index in [1.54, 1.807) is 0 Å². The standard InChI is InChI=1S/C25H38O3/c1-15-12-20(28-19-13-16(2)18(26)14-17(15)19)22-24(5)10-7-9-23(3,4)21(24)8-11-25(22,6)27/h8,11,13,17-22,26-27H,1,7,9-10,12,14H2,2-6H3/t17-,18+,19-,20-,21+,22-,24+,25-/m1/s1. The van der Waals surface area contributed by atoms with E-state index in [0.717, 1.165) is 18.4 Å². The molecule has 1 saturated carbocycles. The maximum Gasteiger partial charge on any atom is 0.0858 e.